The van der Waals surface area contributed by atoms with Crippen molar-refractivity contribution in [3.05, 3.63) is 53.6 Å². The second-order valence-electron chi connectivity index (χ2n) is 8.04. The molecule has 3 rings (SSSR count). The Morgan fingerprint density at radius 1 is 1.12 bits per heavy atom. The Morgan fingerprint density at radius 2 is 1.82 bits per heavy atom. The van der Waals surface area contributed by atoms with E-state index < -0.39 is 23.3 Å². The fourth-order valence-corrected chi connectivity index (χ4v) is 4.99. The highest BCUT2D eigenvalue weighted by molar-refractivity contribution is 7.99. The van der Waals surface area contributed by atoms with Crippen molar-refractivity contribution in [2.24, 2.45) is 0 Å². The van der Waals surface area contributed by atoms with Gasteiger partial charge in [0.1, 0.15) is 5.75 Å². The summed E-state index contributed by atoms with van der Waals surface area (Å²) in [5, 5.41) is -0.525. The number of carbonyl (C=O) groups is 3. The van der Waals surface area contributed by atoms with Crippen LogP contribution >= 0.6 is 11.8 Å². The maximum Gasteiger partial charge on any atom is 0.338 e. The molecule has 34 heavy (non-hydrogen) atoms. The minimum atomic E-state index is -1.04. The van der Waals surface area contributed by atoms with E-state index in [-0.39, 0.29) is 12.5 Å². The summed E-state index contributed by atoms with van der Waals surface area (Å²) in [4.78, 5) is 42.5. The van der Waals surface area contributed by atoms with Gasteiger partial charge in [0.15, 0.2) is 6.10 Å². The quantitative estimate of drug-likeness (QED) is 0.524. The number of likely N-dealkylation sites (N-methyl/N-ethyl adjacent to an activating group) is 1. The van der Waals surface area contributed by atoms with Gasteiger partial charge in [0, 0.05) is 24.9 Å². The van der Waals surface area contributed by atoms with Gasteiger partial charge < -0.3 is 24.0 Å². The van der Waals surface area contributed by atoms with Crippen molar-refractivity contribution in [3.63, 3.8) is 0 Å². The Morgan fingerprint density at radius 3 is 2.41 bits per heavy atom. The molecule has 0 aromatic heterocycles. The molecule has 0 spiro atoms. The van der Waals surface area contributed by atoms with Crippen LogP contribution in [-0.4, -0.2) is 69.8 Å². The average molecular weight is 487 g/mol. The summed E-state index contributed by atoms with van der Waals surface area (Å²) in [5.74, 6) is -0.606. The van der Waals surface area contributed by atoms with E-state index in [1.165, 1.54) is 18.7 Å². The highest BCUT2D eigenvalue weighted by Gasteiger charge is 2.41. The zero-order valence-electron chi connectivity index (χ0n) is 20.1. The van der Waals surface area contributed by atoms with Crippen molar-refractivity contribution in [3.8, 4) is 5.75 Å². The maximum absolute atomic E-state index is 13.8. The third-order valence-electron chi connectivity index (χ3n) is 5.31. The molecular weight excluding hydrogens is 456 g/mol. The number of amides is 1. The number of methoxy groups -OCH3 is 1. The molecule has 8 nitrogen and oxygen atoms in total. The van der Waals surface area contributed by atoms with Crippen LogP contribution in [0.1, 0.15) is 35.0 Å². The molecule has 0 N–H and O–H groups in total. The van der Waals surface area contributed by atoms with Crippen LogP contribution in [0.4, 0.5) is 5.69 Å². The predicted molar refractivity (Wildman–Crippen MR) is 130 cm³/mol. The molecule has 182 valence electrons. The van der Waals surface area contributed by atoms with Crippen molar-refractivity contribution in [1.29, 1.82) is 0 Å². The summed E-state index contributed by atoms with van der Waals surface area (Å²) in [6.07, 6.45) is -1.04. The van der Waals surface area contributed by atoms with Gasteiger partial charge in [0.05, 0.1) is 30.2 Å². The third-order valence-corrected chi connectivity index (χ3v) is 6.66. The molecule has 2 aromatic carbocycles. The van der Waals surface area contributed by atoms with Crippen LogP contribution in [0.25, 0.3) is 0 Å². The highest BCUT2D eigenvalue weighted by atomic mass is 32.2. The number of anilines is 1. The number of esters is 2. The number of rotatable bonds is 8. The molecule has 1 aliphatic heterocycles. The Balaban J connectivity index is 2.13. The van der Waals surface area contributed by atoms with Gasteiger partial charge in [0.2, 0.25) is 0 Å². The highest BCUT2D eigenvalue weighted by Crippen LogP contribution is 2.47. The van der Waals surface area contributed by atoms with Crippen molar-refractivity contribution < 1.29 is 28.6 Å². The molecule has 0 saturated carbocycles. The van der Waals surface area contributed by atoms with Gasteiger partial charge >= 0.3 is 11.9 Å². The zero-order chi connectivity index (χ0) is 24.8. The van der Waals surface area contributed by atoms with Gasteiger partial charge in [-0.3, -0.25) is 9.59 Å². The summed E-state index contributed by atoms with van der Waals surface area (Å²) >= 11 is 1.38. The summed E-state index contributed by atoms with van der Waals surface area (Å²) in [5.41, 5.74) is 1.86. The Labute approximate surface area is 204 Å². The normalized spacial score (nSPS) is 17.7. The smallest absolute Gasteiger partial charge is 0.338 e. The lowest BCUT2D eigenvalue weighted by atomic mass is 10.1. The summed E-state index contributed by atoms with van der Waals surface area (Å²) in [6, 6.07) is 12.5. The SMILES string of the molecule is CCOC(=O)c1ccc2c(c1)S[C@@H](c1ccc(OC)cc1)[C@@H](OC(C)=O)C(=O)N2CCN(C)C. The van der Waals surface area contributed by atoms with Crippen LogP contribution in [0, 0.1) is 0 Å². The van der Waals surface area contributed by atoms with Crippen molar-refractivity contribution in [1.82, 2.24) is 4.90 Å². The maximum atomic E-state index is 13.8. The first-order chi connectivity index (χ1) is 16.2. The fourth-order valence-electron chi connectivity index (χ4n) is 3.63. The summed E-state index contributed by atoms with van der Waals surface area (Å²) in [7, 11) is 5.42. The summed E-state index contributed by atoms with van der Waals surface area (Å²) in [6.45, 7) is 4.31. The van der Waals surface area contributed by atoms with E-state index in [9.17, 15) is 14.4 Å². The van der Waals surface area contributed by atoms with E-state index in [4.69, 9.17) is 14.2 Å². The van der Waals surface area contributed by atoms with Crippen LogP contribution in [0.15, 0.2) is 47.4 Å². The van der Waals surface area contributed by atoms with Gasteiger partial charge in [-0.2, -0.15) is 0 Å². The zero-order valence-corrected chi connectivity index (χ0v) is 20.9. The van der Waals surface area contributed by atoms with Gasteiger partial charge in [0.25, 0.3) is 5.91 Å². The number of benzene rings is 2. The molecule has 2 aromatic rings. The van der Waals surface area contributed by atoms with E-state index in [1.54, 1.807) is 49.3 Å². The lowest BCUT2D eigenvalue weighted by Gasteiger charge is -2.28. The molecule has 0 radical (unpaired) electrons. The summed E-state index contributed by atoms with van der Waals surface area (Å²) < 4.78 is 16.0. The largest absolute Gasteiger partial charge is 0.497 e. The van der Waals surface area contributed by atoms with Gasteiger partial charge in [-0.05, 0) is 56.9 Å². The van der Waals surface area contributed by atoms with Crippen molar-refractivity contribution in [2.75, 3.05) is 45.8 Å². The topological polar surface area (TPSA) is 85.4 Å². The van der Waals surface area contributed by atoms with Gasteiger partial charge in [-0.1, -0.05) is 12.1 Å². The number of ether oxygens (including phenoxy) is 3. The Bertz CT molecular complexity index is 1040. The fraction of sp³-hybridized carbons (Fsp3) is 0.400. The number of carbonyl (C=O) groups excluding carboxylic acids is 3. The molecule has 2 atom stereocenters. The minimum Gasteiger partial charge on any atom is -0.497 e. The van der Waals surface area contributed by atoms with Crippen molar-refractivity contribution in [2.45, 2.75) is 30.1 Å². The molecule has 1 amide bonds. The number of hydrogen-bond donors (Lipinski definition) is 0. The van der Waals surface area contributed by atoms with E-state index in [0.717, 1.165) is 10.5 Å². The van der Waals surface area contributed by atoms with Crippen LogP contribution in [0.3, 0.4) is 0 Å². The van der Waals surface area contributed by atoms with Crippen LogP contribution in [-0.2, 0) is 19.1 Å². The Hall–Kier alpha value is -3.04. The molecule has 0 fully saturated rings. The second-order valence-corrected chi connectivity index (χ2v) is 9.22. The molecule has 1 aliphatic rings. The van der Waals surface area contributed by atoms with Crippen molar-refractivity contribution >= 4 is 35.3 Å². The number of fused-ring (bicyclic) bond motifs is 1. The number of thioether (sulfide) groups is 1. The lowest BCUT2D eigenvalue weighted by molar-refractivity contribution is -0.152. The molecular formula is C25H30N2O6S. The van der Waals surface area contributed by atoms with Crippen LogP contribution < -0.4 is 9.64 Å². The average Bonchev–Trinajstić information content (AvgIpc) is 2.92. The second kappa shape index (κ2) is 11.4. The minimum absolute atomic E-state index is 0.263. The standard InChI is InChI=1S/C25H30N2O6S/c1-6-32-25(30)18-9-12-20-21(15-18)34-23(17-7-10-19(31-5)11-8-17)22(33-16(2)28)24(29)27(20)14-13-26(3)4/h7-12,15,22-23H,6,13-14H2,1-5H3/t22-,23+/m1/s1. The van der Waals surface area contributed by atoms with Gasteiger partial charge in [-0.25, -0.2) is 4.79 Å². The van der Waals surface area contributed by atoms with E-state index in [1.807, 2.05) is 31.1 Å². The first-order valence-corrected chi connectivity index (χ1v) is 11.9. The molecule has 0 bridgehead atoms. The molecule has 0 saturated heterocycles. The number of nitrogens with zero attached hydrogens (tertiary/aromatic N) is 2. The lowest BCUT2D eigenvalue weighted by Crippen LogP contribution is -2.45. The van der Waals surface area contributed by atoms with E-state index in [0.29, 0.717) is 30.1 Å². The van der Waals surface area contributed by atoms with Gasteiger partial charge in [-0.15, -0.1) is 11.8 Å². The Kier molecular flexibility index (Phi) is 8.57. The number of hydrogen-bond acceptors (Lipinski definition) is 8. The molecule has 0 aliphatic carbocycles. The third kappa shape index (κ3) is 5.90. The first kappa shape index (κ1) is 25.6. The molecule has 9 heteroatoms. The predicted octanol–water partition coefficient (Wildman–Crippen LogP) is 3.55. The monoisotopic (exact) mass is 486 g/mol. The van der Waals surface area contributed by atoms with Crippen LogP contribution in [0.5, 0.6) is 5.75 Å². The van der Waals surface area contributed by atoms with E-state index >= 15 is 0 Å². The first-order valence-electron chi connectivity index (χ1n) is 11.0. The molecule has 1 heterocycles. The van der Waals surface area contributed by atoms with Crippen LogP contribution in [0.2, 0.25) is 0 Å². The molecule has 0 unspecified atom stereocenters. The van der Waals surface area contributed by atoms with E-state index in [2.05, 4.69) is 0 Å².